The van der Waals surface area contributed by atoms with Crippen LogP contribution in [0.3, 0.4) is 0 Å². The van der Waals surface area contributed by atoms with Crippen LogP contribution in [0.5, 0.6) is 5.88 Å². The topological polar surface area (TPSA) is 54.1 Å². The predicted molar refractivity (Wildman–Crippen MR) is 70.4 cm³/mol. The minimum atomic E-state index is 0.00119. The molecule has 98 valence electrons. The van der Waals surface area contributed by atoms with Gasteiger partial charge in [0.2, 0.25) is 0 Å². The zero-order valence-corrected chi connectivity index (χ0v) is 11.0. The minimum Gasteiger partial charge on any atom is -0.478 e. The third-order valence-electron chi connectivity index (χ3n) is 4.12. The molecule has 1 fully saturated rings. The largest absolute Gasteiger partial charge is 0.478 e. The van der Waals surface area contributed by atoms with Gasteiger partial charge in [-0.2, -0.15) is 0 Å². The first kappa shape index (κ1) is 11.8. The molecule has 0 aromatic carbocycles. The van der Waals surface area contributed by atoms with Gasteiger partial charge in [-0.15, -0.1) is 0 Å². The molecule has 2 aliphatic heterocycles. The second-order valence-electron chi connectivity index (χ2n) is 5.99. The molecule has 0 amide bonds. The van der Waals surface area contributed by atoms with Crippen LogP contribution in [-0.4, -0.2) is 24.7 Å². The Bertz CT molecular complexity index is 513. The van der Waals surface area contributed by atoms with Crippen molar-refractivity contribution in [1.82, 2.24) is 10.3 Å². The minimum absolute atomic E-state index is 0.00119. The Morgan fingerprint density at radius 2 is 2.06 bits per heavy atom. The summed E-state index contributed by atoms with van der Waals surface area (Å²) in [5.41, 5.74) is 2.11. The lowest BCUT2D eigenvalue weighted by Crippen LogP contribution is -2.30. The lowest BCUT2D eigenvalue weighted by Gasteiger charge is -2.23. The number of hydrogen-bond donors (Lipinski definition) is 2. The summed E-state index contributed by atoms with van der Waals surface area (Å²) in [7, 11) is 0. The SMILES string of the molecule is CC1(C)COc2[nH]c(=O)c(C3CCNCC3)cc21. The van der Waals surface area contributed by atoms with E-state index in [0.29, 0.717) is 18.4 Å². The summed E-state index contributed by atoms with van der Waals surface area (Å²) in [5, 5.41) is 3.34. The number of H-pyrrole nitrogens is 1. The monoisotopic (exact) mass is 248 g/mol. The molecule has 18 heavy (non-hydrogen) atoms. The summed E-state index contributed by atoms with van der Waals surface area (Å²) >= 11 is 0. The fraction of sp³-hybridized carbons (Fsp3) is 0.643. The van der Waals surface area contributed by atoms with Crippen LogP contribution in [0.25, 0.3) is 0 Å². The molecule has 2 aliphatic rings. The normalized spacial score (nSPS) is 22.6. The molecule has 0 spiro atoms. The summed E-state index contributed by atoms with van der Waals surface area (Å²) in [5.74, 6) is 1.05. The maximum atomic E-state index is 12.1. The van der Waals surface area contributed by atoms with Gasteiger partial charge in [-0.25, -0.2) is 0 Å². The standard InChI is InChI=1S/C14H20N2O2/c1-14(2)8-18-13-11(14)7-10(12(17)16-13)9-3-5-15-6-4-9/h7,9,15H,3-6,8H2,1-2H3,(H,16,17). The summed E-state index contributed by atoms with van der Waals surface area (Å²) in [4.78, 5) is 15.0. The molecule has 3 heterocycles. The molecule has 4 nitrogen and oxygen atoms in total. The maximum Gasteiger partial charge on any atom is 0.254 e. The van der Waals surface area contributed by atoms with Gasteiger partial charge in [-0.05, 0) is 37.9 Å². The Hall–Kier alpha value is -1.29. The van der Waals surface area contributed by atoms with Crippen molar-refractivity contribution in [1.29, 1.82) is 0 Å². The van der Waals surface area contributed by atoms with Gasteiger partial charge >= 0.3 is 0 Å². The Labute approximate surface area is 107 Å². The molecule has 0 atom stereocenters. The number of aromatic amines is 1. The molecule has 1 saturated heterocycles. The maximum absolute atomic E-state index is 12.1. The molecule has 4 heteroatoms. The molecule has 0 radical (unpaired) electrons. The summed E-state index contributed by atoms with van der Waals surface area (Å²) < 4.78 is 5.57. The van der Waals surface area contributed by atoms with Gasteiger partial charge in [0.25, 0.3) is 5.56 Å². The molecular weight excluding hydrogens is 228 g/mol. The third kappa shape index (κ3) is 1.85. The van der Waals surface area contributed by atoms with Crippen molar-refractivity contribution in [2.75, 3.05) is 19.7 Å². The quantitative estimate of drug-likeness (QED) is 0.792. The zero-order chi connectivity index (χ0) is 12.8. The van der Waals surface area contributed by atoms with E-state index in [1.54, 1.807) is 0 Å². The van der Waals surface area contributed by atoms with Crippen LogP contribution in [0, 0.1) is 0 Å². The molecule has 0 aliphatic carbocycles. The Kier molecular flexibility index (Phi) is 2.70. The molecule has 1 aromatic heterocycles. The lowest BCUT2D eigenvalue weighted by molar-refractivity contribution is 0.283. The van der Waals surface area contributed by atoms with E-state index < -0.39 is 0 Å². The van der Waals surface area contributed by atoms with Gasteiger partial charge in [-0.3, -0.25) is 9.78 Å². The van der Waals surface area contributed by atoms with Gasteiger partial charge in [0.1, 0.15) is 0 Å². The van der Waals surface area contributed by atoms with Crippen LogP contribution in [0.2, 0.25) is 0 Å². The van der Waals surface area contributed by atoms with Gasteiger partial charge in [0.05, 0.1) is 6.61 Å². The molecule has 0 bridgehead atoms. The molecule has 0 unspecified atom stereocenters. The van der Waals surface area contributed by atoms with E-state index in [1.807, 2.05) is 0 Å². The molecule has 2 N–H and O–H groups in total. The fourth-order valence-electron chi connectivity index (χ4n) is 2.91. The first-order valence-electron chi connectivity index (χ1n) is 6.69. The zero-order valence-electron chi connectivity index (χ0n) is 11.0. The molecule has 0 saturated carbocycles. The van der Waals surface area contributed by atoms with Crippen molar-refractivity contribution in [3.8, 4) is 5.88 Å². The fourth-order valence-corrected chi connectivity index (χ4v) is 2.91. The smallest absolute Gasteiger partial charge is 0.254 e. The summed E-state index contributed by atoms with van der Waals surface area (Å²) in [6.45, 7) is 6.96. The number of fused-ring (bicyclic) bond motifs is 1. The Morgan fingerprint density at radius 1 is 1.33 bits per heavy atom. The first-order valence-corrected chi connectivity index (χ1v) is 6.69. The van der Waals surface area contributed by atoms with E-state index >= 15 is 0 Å². The van der Waals surface area contributed by atoms with Crippen LogP contribution in [0.4, 0.5) is 0 Å². The highest BCUT2D eigenvalue weighted by molar-refractivity contribution is 5.40. The summed E-state index contributed by atoms with van der Waals surface area (Å²) in [6.07, 6.45) is 2.09. The third-order valence-corrected chi connectivity index (χ3v) is 4.12. The number of piperidine rings is 1. The average Bonchev–Trinajstić information content (AvgIpc) is 2.65. The molecule has 3 rings (SSSR count). The second kappa shape index (κ2) is 4.12. The van der Waals surface area contributed by atoms with Gasteiger partial charge in [0.15, 0.2) is 5.88 Å². The van der Waals surface area contributed by atoms with Crippen molar-refractivity contribution >= 4 is 0 Å². The van der Waals surface area contributed by atoms with Crippen LogP contribution < -0.4 is 15.6 Å². The van der Waals surface area contributed by atoms with Gasteiger partial charge < -0.3 is 10.1 Å². The highest BCUT2D eigenvalue weighted by atomic mass is 16.5. The number of hydrogen-bond acceptors (Lipinski definition) is 3. The van der Waals surface area contributed by atoms with E-state index in [1.165, 1.54) is 0 Å². The Balaban J connectivity index is 2.03. The van der Waals surface area contributed by atoms with Crippen LogP contribution in [0.15, 0.2) is 10.9 Å². The van der Waals surface area contributed by atoms with Crippen molar-refractivity contribution in [3.63, 3.8) is 0 Å². The van der Waals surface area contributed by atoms with Crippen molar-refractivity contribution in [3.05, 3.63) is 27.5 Å². The van der Waals surface area contributed by atoms with Crippen LogP contribution in [0.1, 0.15) is 43.7 Å². The van der Waals surface area contributed by atoms with E-state index in [4.69, 9.17) is 4.74 Å². The molecular formula is C14H20N2O2. The van der Waals surface area contributed by atoms with Crippen LogP contribution in [-0.2, 0) is 5.41 Å². The lowest BCUT2D eigenvalue weighted by atomic mass is 9.84. The number of ether oxygens (including phenoxy) is 1. The van der Waals surface area contributed by atoms with E-state index in [-0.39, 0.29) is 11.0 Å². The highest BCUT2D eigenvalue weighted by Gasteiger charge is 2.34. The number of rotatable bonds is 1. The average molecular weight is 248 g/mol. The van der Waals surface area contributed by atoms with E-state index in [9.17, 15) is 4.79 Å². The Morgan fingerprint density at radius 3 is 2.78 bits per heavy atom. The van der Waals surface area contributed by atoms with E-state index in [0.717, 1.165) is 37.1 Å². The molecule has 1 aromatic rings. The second-order valence-corrected chi connectivity index (χ2v) is 5.99. The van der Waals surface area contributed by atoms with Gasteiger partial charge in [0, 0.05) is 16.5 Å². The van der Waals surface area contributed by atoms with Crippen molar-refractivity contribution in [2.24, 2.45) is 0 Å². The first-order chi connectivity index (χ1) is 8.58. The number of pyridine rings is 1. The highest BCUT2D eigenvalue weighted by Crippen LogP contribution is 2.37. The van der Waals surface area contributed by atoms with Crippen molar-refractivity contribution < 1.29 is 4.74 Å². The predicted octanol–water partition coefficient (Wildman–Crippen LogP) is 1.51. The van der Waals surface area contributed by atoms with E-state index in [2.05, 4.69) is 30.2 Å². The van der Waals surface area contributed by atoms with Crippen molar-refractivity contribution in [2.45, 2.75) is 38.0 Å². The number of nitrogens with one attached hydrogen (secondary N) is 2. The van der Waals surface area contributed by atoms with Crippen LogP contribution >= 0.6 is 0 Å². The van der Waals surface area contributed by atoms with Gasteiger partial charge in [-0.1, -0.05) is 13.8 Å². The summed E-state index contributed by atoms with van der Waals surface area (Å²) in [6, 6.07) is 2.08. The number of aromatic nitrogens is 1.